The number of anilines is 2. The van der Waals surface area contributed by atoms with Crippen LogP contribution in [0.3, 0.4) is 0 Å². The minimum absolute atomic E-state index is 0.220. The molecular weight excluding hydrogens is 431 g/mol. The van der Waals surface area contributed by atoms with Crippen LogP contribution >= 0.6 is 0 Å². The summed E-state index contributed by atoms with van der Waals surface area (Å²) in [5, 5.41) is 11.4. The van der Waals surface area contributed by atoms with Crippen molar-refractivity contribution in [2.75, 3.05) is 10.2 Å². The summed E-state index contributed by atoms with van der Waals surface area (Å²) in [7, 11) is 0. The average Bonchev–Trinajstić information content (AvgIpc) is 3.39. The van der Waals surface area contributed by atoms with Gasteiger partial charge in [-0.15, -0.1) is 0 Å². The smallest absolute Gasteiger partial charge is 0.366 e. The molecule has 0 saturated carbocycles. The molecule has 8 heteroatoms. The van der Waals surface area contributed by atoms with Crippen LogP contribution < -0.4 is 10.2 Å². The molecule has 1 amide bonds. The van der Waals surface area contributed by atoms with Crippen LogP contribution in [0.15, 0.2) is 48.0 Å². The monoisotopic (exact) mass is 451 g/mol. The van der Waals surface area contributed by atoms with Crippen LogP contribution in [0.1, 0.15) is 52.7 Å². The lowest BCUT2D eigenvalue weighted by atomic mass is 9.89. The Bertz CT molecular complexity index is 1220. The van der Waals surface area contributed by atoms with Crippen molar-refractivity contribution in [3.63, 3.8) is 0 Å². The van der Waals surface area contributed by atoms with Gasteiger partial charge < -0.3 is 10.2 Å². The number of allylic oxidation sites excluding steroid dienone is 1. The van der Waals surface area contributed by atoms with Crippen LogP contribution in [0.4, 0.5) is 24.5 Å². The van der Waals surface area contributed by atoms with E-state index in [-0.39, 0.29) is 40.9 Å². The molecular formula is C25H20F3N3O2. The van der Waals surface area contributed by atoms with E-state index >= 15 is 0 Å². The maximum absolute atomic E-state index is 13.9. The second kappa shape index (κ2) is 7.77. The molecule has 0 aromatic heterocycles. The molecule has 2 heterocycles. The fraction of sp³-hybridized carbons (Fsp3) is 0.320. The zero-order chi connectivity index (χ0) is 23.3. The standard InChI is InChI=1S/C25H20F3N3O2/c26-25(27,28)21-12-18(31-16-4-5-17(31)7-6-16)8-10-22(21)30-24(33)19-9-3-15-2-1-14(13-29)11-20(15)23(19)32/h1-2,8-12,16-17H,3-7H2,(H,30,33). The van der Waals surface area contributed by atoms with E-state index < -0.39 is 23.4 Å². The molecule has 1 N–H and O–H groups in total. The molecule has 3 aliphatic rings. The number of Topliss-reactive ketones (excluding diaryl/α,β-unsaturated/α-hetero) is 1. The summed E-state index contributed by atoms with van der Waals surface area (Å²) in [6, 6.07) is 11.1. The van der Waals surface area contributed by atoms with Gasteiger partial charge in [0, 0.05) is 23.3 Å². The number of hydrogen-bond acceptors (Lipinski definition) is 4. The summed E-state index contributed by atoms with van der Waals surface area (Å²) in [5.74, 6) is -1.50. The lowest BCUT2D eigenvalue weighted by Crippen LogP contribution is -2.29. The highest BCUT2D eigenvalue weighted by Gasteiger charge is 2.41. The maximum Gasteiger partial charge on any atom is 0.418 e. The molecule has 0 unspecified atom stereocenters. The fourth-order valence-corrected chi connectivity index (χ4v) is 5.24. The fourth-order valence-electron chi connectivity index (χ4n) is 5.24. The number of nitrogens with one attached hydrogen (secondary N) is 1. The van der Waals surface area contributed by atoms with Crippen LogP contribution in [0, 0.1) is 11.3 Å². The molecule has 5 nitrogen and oxygen atoms in total. The van der Waals surface area contributed by atoms with E-state index in [0.717, 1.165) is 31.7 Å². The number of rotatable bonds is 3. The van der Waals surface area contributed by atoms with E-state index in [1.807, 2.05) is 6.07 Å². The number of carbonyl (C=O) groups excluding carboxylic acids is 2. The van der Waals surface area contributed by atoms with Gasteiger partial charge in [-0.3, -0.25) is 9.59 Å². The number of carbonyl (C=O) groups is 2. The third-order valence-corrected chi connectivity index (χ3v) is 6.81. The summed E-state index contributed by atoms with van der Waals surface area (Å²) in [4.78, 5) is 27.7. The molecule has 5 rings (SSSR count). The first-order chi connectivity index (χ1) is 15.8. The van der Waals surface area contributed by atoms with Crippen LogP contribution in [-0.2, 0) is 17.4 Å². The van der Waals surface area contributed by atoms with E-state index in [1.54, 1.807) is 18.2 Å². The lowest BCUT2D eigenvalue weighted by molar-refractivity contribution is -0.136. The van der Waals surface area contributed by atoms with Crippen LogP contribution in [-0.4, -0.2) is 23.8 Å². The molecule has 2 aromatic rings. The quantitative estimate of drug-likeness (QED) is 0.666. The Morgan fingerprint density at radius 3 is 2.39 bits per heavy atom. The second-order valence-corrected chi connectivity index (χ2v) is 8.69. The molecule has 2 fully saturated rings. The Morgan fingerprint density at radius 2 is 1.76 bits per heavy atom. The molecule has 0 radical (unpaired) electrons. The number of benzene rings is 2. The number of hydrogen-bond donors (Lipinski definition) is 1. The summed E-state index contributed by atoms with van der Waals surface area (Å²) in [6.07, 6.45) is 0.946. The van der Waals surface area contributed by atoms with Gasteiger partial charge in [0.05, 0.1) is 28.5 Å². The molecule has 168 valence electrons. The highest BCUT2D eigenvalue weighted by atomic mass is 19.4. The largest absolute Gasteiger partial charge is 0.418 e. The molecule has 2 aliphatic heterocycles. The maximum atomic E-state index is 13.9. The van der Waals surface area contributed by atoms with E-state index in [0.29, 0.717) is 11.3 Å². The van der Waals surface area contributed by atoms with Gasteiger partial charge in [-0.1, -0.05) is 12.1 Å². The number of amides is 1. The molecule has 1 aliphatic carbocycles. The van der Waals surface area contributed by atoms with Crippen molar-refractivity contribution in [1.29, 1.82) is 5.26 Å². The van der Waals surface area contributed by atoms with Gasteiger partial charge in [0.2, 0.25) is 0 Å². The Morgan fingerprint density at radius 1 is 1.06 bits per heavy atom. The third-order valence-electron chi connectivity index (χ3n) is 6.81. The van der Waals surface area contributed by atoms with Crippen molar-refractivity contribution in [2.45, 2.75) is 50.4 Å². The highest BCUT2D eigenvalue weighted by Crippen LogP contribution is 2.44. The zero-order valence-corrected chi connectivity index (χ0v) is 17.6. The lowest BCUT2D eigenvalue weighted by Gasteiger charge is -2.26. The first kappa shape index (κ1) is 21.3. The first-order valence-corrected chi connectivity index (χ1v) is 10.8. The molecule has 2 saturated heterocycles. The average molecular weight is 451 g/mol. The number of alkyl halides is 3. The Kier molecular flexibility index (Phi) is 5.00. The second-order valence-electron chi connectivity index (χ2n) is 8.69. The Hall–Kier alpha value is -3.60. The van der Waals surface area contributed by atoms with E-state index in [1.165, 1.54) is 18.2 Å². The number of nitrogens with zero attached hydrogens (tertiary/aromatic N) is 2. The van der Waals surface area contributed by atoms with Gasteiger partial charge >= 0.3 is 6.18 Å². The van der Waals surface area contributed by atoms with Gasteiger partial charge in [-0.2, -0.15) is 18.4 Å². The zero-order valence-electron chi connectivity index (χ0n) is 17.6. The van der Waals surface area contributed by atoms with Crippen molar-refractivity contribution in [2.24, 2.45) is 0 Å². The van der Waals surface area contributed by atoms with Crippen molar-refractivity contribution in [1.82, 2.24) is 0 Å². The predicted octanol–water partition coefficient (Wildman–Crippen LogP) is 5.01. The molecule has 2 aromatic carbocycles. The highest BCUT2D eigenvalue weighted by molar-refractivity contribution is 6.29. The van der Waals surface area contributed by atoms with Crippen LogP contribution in [0.25, 0.3) is 0 Å². The minimum Gasteiger partial charge on any atom is -0.366 e. The molecule has 0 spiro atoms. The van der Waals surface area contributed by atoms with Gasteiger partial charge in [-0.05, 0) is 68.0 Å². The van der Waals surface area contributed by atoms with Crippen molar-refractivity contribution < 1.29 is 22.8 Å². The van der Waals surface area contributed by atoms with E-state index in [9.17, 15) is 22.8 Å². The van der Waals surface area contributed by atoms with E-state index in [2.05, 4.69) is 10.2 Å². The van der Waals surface area contributed by atoms with Gasteiger partial charge in [0.15, 0.2) is 5.78 Å². The minimum atomic E-state index is -4.67. The Labute approximate surface area is 188 Å². The summed E-state index contributed by atoms with van der Waals surface area (Å²) >= 11 is 0. The van der Waals surface area contributed by atoms with E-state index in [4.69, 9.17) is 5.26 Å². The first-order valence-electron chi connectivity index (χ1n) is 10.8. The number of nitriles is 1. The predicted molar refractivity (Wildman–Crippen MR) is 116 cm³/mol. The normalized spacial score (nSPS) is 21.5. The summed E-state index contributed by atoms with van der Waals surface area (Å²) in [5.41, 5.74) is 0.121. The SMILES string of the molecule is N#Cc1ccc2c(c1)C(=O)C(C(=O)Nc1ccc(N3C4CCC3CC4)cc1C(F)(F)F)=CC2. The van der Waals surface area contributed by atoms with Gasteiger partial charge in [-0.25, -0.2) is 0 Å². The number of halogens is 3. The Balaban J connectivity index is 1.43. The number of fused-ring (bicyclic) bond motifs is 3. The molecule has 0 atom stereocenters. The summed E-state index contributed by atoms with van der Waals surface area (Å²) < 4.78 is 41.7. The number of ketones is 1. The van der Waals surface area contributed by atoms with Crippen LogP contribution in [0.2, 0.25) is 0 Å². The molecule has 2 bridgehead atoms. The third kappa shape index (κ3) is 3.67. The molecule has 33 heavy (non-hydrogen) atoms. The van der Waals surface area contributed by atoms with Crippen molar-refractivity contribution in [3.05, 3.63) is 70.3 Å². The van der Waals surface area contributed by atoms with Crippen LogP contribution in [0.5, 0.6) is 0 Å². The van der Waals surface area contributed by atoms with Crippen molar-refractivity contribution in [3.8, 4) is 6.07 Å². The topological polar surface area (TPSA) is 73.2 Å². The van der Waals surface area contributed by atoms with Gasteiger partial charge in [0.1, 0.15) is 0 Å². The summed E-state index contributed by atoms with van der Waals surface area (Å²) in [6.45, 7) is 0. The van der Waals surface area contributed by atoms with Crippen molar-refractivity contribution >= 4 is 23.1 Å². The van der Waals surface area contributed by atoms with Gasteiger partial charge in [0.25, 0.3) is 5.91 Å².